The molecule has 0 aliphatic heterocycles. The van der Waals surface area contributed by atoms with E-state index in [0.29, 0.717) is 11.5 Å². The van der Waals surface area contributed by atoms with Gasteiger partial charge >= 0.3 is 5.97 Å². The summed E-state index contributed by atoms with van der Waals surface area (Å²) in [6.45, 7) is 1.59. The number of esters is 1. The fourth-order valence-corrected chi connectivity index (χ4v) is 1.25. The molecule has 1 aromatic carbocycles. The van der Waals surface area contributed by atoms with E-state index in [1.807, 2.05) is 0 Å². The summed E-state index contributed by atoms with van der Waals surface area (Å²) in [6.07, 6.45) is -1.99. The monoisotopic (exact) mass is 240 g/mol. The van der Waals surface area contributed by atoms with Gasteiger partial charge in [0, 0.05) is 0 Å². The minimum atomic E-state index is -1.30. The van der Waals surface area contributed by atoms with Crippen molar-refractivity contribution in [3.8, 4) is 11.5 Å². The number of hydrogen-bond donors (Lipinski definition) is 1. The van der Waals surface area contributed by atoms with Crippen LogP contribution in [0.5, 0.6) is 11.5 Å². The van der Waals surface area contributed by atoms with Crippen LogP contribution in [0.1, 0.15) is 6.92 Å². The molecule has 0 unspecified atom stereocenters. The van der Waals surface area contributed by atoms with Gasteiger partial charge in [0.2, 0.25) is 0 Å². The summed E-state index contributed by atoms with van der Waals surface area (Å²) in [7, 11) is 2.78. The number of rotatable bonds is 5. The predicted molar refractivity (Wildman–Crippen MR) is 61.1 cm³/mol. The number of aliphatic hydroxyl groups excluding tert-OH is 1. The van der Waals surface area contributed by atoms with Crippen LogP contribution < -0.4 is 9.47 Å². The van der Waals surface area contributed by atoms with Gasteiger partial charge in [-0.15, -0.1) is 0 Å². The SMILES string of the molecule is COC(=O)[C@@H](O)[C@H](C)Oc1ccc(OC)cc1. The summed E-state index contributed by atoms with van der Waals surface area (Å²) >= 11 is 0. The van der Waals surface area contributed by atoms with E-state index in [1.54, 1.807) is 38.3 Å². The predicted octanol–water partition coefficient (Wildman–Crippen LogP) is 0.996. The molecule has 0 aliphatic rings. The highest BCUT2D eigenvalue weighted by Crippen LogP contribution is 2.18. The highest BCUT2D eigenvalue weighted by atomic mass is 16.6. The lowest BCUT2D eigenvalue weighted by Crippen LogP contribution is -2.36. The van der Waals surface area contributed by atoms with Crippen LogP contribution in [0.25, 0.3) is 0 Å². The Morgan fingerprint density at radius 1 is 1.18 bits per heavy atom. The average molecular weight is 240 g/mol. The second-order valence-electron chi connectivity index (χ2n) is 3.47. The van der Waals surface area contributed by atoms with Crippen molar-refractivity contribution >= 4 is 5.97 Å². The molecule has 0 bridgehead atoms. The third-order valence-corrected chi connectivity index (χ3v) is 2.27. The molecular formula is C12H16O5. The quantitative estimate of drug-likeness (QED) is 0.778. The molecule has 0 fully saturated rings. The van der Waals surface area contributed by atoms with Crippen LogP contribution >= 0.6 is 0 Å². The zero-order valence-electron chi connectivity index (χ0n) is 10.0. The van der Waals surface area contributed by atoms with Gasteiger partial charge in [0.1, 0.15) is 17.6 Å². The number of hydrogen-bond acceptors (Lipinski definition) is 5. The Bertz CT molecular complexity index is 360. The van der Waals surface area contributed by atoms with Crippen LogP contribution in [-0.4, -0.2) is 37.5 Å². The van der Waals surface area contributed by atoms with Gasteiger partial charge < -0.3 is 19.3 Å². The van der Waals surface area contributed by atoms with Crippen molar-refractivity contribution < 1.29 is 24.1 Å². The average Bonchev–Trinajstić information content (AvgIpc) is 2.37. The fraction of sp³-hybridized carbons (Fsp3) is 0.417. The molecule has 0 spiro atoms. The zero-order chi connectivity index (χ0) is 12.8. The van der Waals surface area contributed by atoms with Crippen molar-refractivity contribution in [2.24, 2.45) is 0 Å². The normalized spacial score (nSPS) is 13.6. The molecule has 0 saturated carbocycles. The fourth-order valence-electron chi connectivity index (χ4n) is 1.25. The maximum absolute atomic E-state index is 11.1. The molecule has 94 valence electrons. The van der Waals surface area contributed by atoms with Crippen LogP contribution in [0.2, 0.25) is 0 Å². The second-order valence-corrected chi connectivity index (χ2v) is 3.47. The van der Waals surface area contributed by atoms with Crippen molar-refractivity contribution in [2.75, 3.05) is 14.2 Å². The second kappa shape index (κ2) is 6.10. The third kappa shape index (κ3) is 3.64. The number of carbonyl (C=O) groups excluding carboxylic acids is 1. The Balaban J connectivity index is 2.60. The minimum absolute atomic E-state index is 0.543. The number of carbonyl (C=O) groups is 1. The first-order valence-corrected chi connectivity index (χ1v) is 5.15. The highest BCUT2D eigenvalue weighted by molar-refractivity contribution is 5.74. The first kappa shape index (κ1) is 13.3. The van der Waals surface area contributed by atoms with E-state index in [1.165, 1.54) is 7.11 Å². The topological polar surface area (TPSA) is 65.0 Å². The van der Waals surface area contributed by atoms with E-state index >= 15 is 0 Å². The maximum atomic E-state index is 11.1. The first-order chi connectivity index (χ1) is 8.08. The molecule has 2 atom stereocenters. The standard InChI is InChI=1S/C12H16O5/c1-8(11(13)12(14)16-3)17-10-6-4-9(15-2)5-7-10/h4-8,11,13H,1-3H3/t8-,11-/m0/s1. The Morgan fingerprint density at radius 3 is 2.18 bits per heavy atom. The van der Waals surface area contributed by atoms with Gasteiger partial charge in [0.15, 0.2) is 6.10 Å². The lowest BCUT2D eigenvalue weighted by atomic mass is 10.2. The molecule has 0 amide bonds. The molecule has 5 nitrogen and oxygen atoms in total. The molecule has 17 heavy (non-hydrogen) atoms. The molecule has 0 heterocycles. The molecule has 1 aromatic rings. The molecule has 0 saturated heterocycles. The Morgan fingerprint density at radius 2 is 1.71 bits per heavy atom. The van der Waals surface area contributed by atoms with Crippen molar-refractivity contribution in [1.82, 2.24) is 0 Å². The van der Waals surface area contributed by atoms with Crippen molar-refractivity contribution in [3.63, 3.8) is 0 Å². The minimum Gasteiger partial charge on any atom is -0.497 e. The Kier molecular flexibility index (Phi) is 4.78. The van der Waals surface area contributed by atoms with E-state index < -0.39 is 18.2 Å². The Labute approximate surface area is 99.9 Å². The summed E-state index contributed by atoms with van der Waals surface area (Å²) < 4.78 is 14.8. The summed E-state index contributed by atoms with van der Waals surface area (Å²) in [5, 5.41) is 9.52. The lowest BCUT2D eigenvalue weighted by Gasteiger charge is -2.18. The number of methoxy groups -OCH3 is 2. The molecular weight excluding hydrogens is 224 g/mol. The van der Waals surface area contributed by atoms with Crippen molar-refractivity contribution in [2.45, 2.75) is 19.1 Å². The Hall–Kier alpha value is -1.75. The molecule has 0 aliphatic carbocycles. The largest absolute Gasteiger partial charge is 0.497 e. The first-order valence-electron chi connectivity index (χ1n) is 5.15. The van der Waals surface area contributed by atoms with Gasteiger partial charge in [-0.05, 0) is 31.2 Å². The van der Waals surface area contributed by atoms with E-state index in [0.717, 1.165) is 0 Å². The van der Waals surface area contributed by atoms with Gasteiger partial charge in [-0.3, -0.25) is 0 Å². The van der Waals surface area contributed by atoms with E-state index in [-0.39, 0.29) is 0 Å². The third-order valence-electron chi connectivity index (χ3n) is 2.27. The number of ether oxygens (including phenoxy) is 3. The lowest BCUT2D eigenvalue weighted by molar-refractivity contribution is -0.154. The van der Waals surface area contributed by atoms with Gasteiger partial charge in [0.25, 0.3) is 0 Å². The smallest absolute Gasteiger partial charge is 0.338 e. The van der Waals surface area contributed by atoms with Crippen LogP contribution in [0.4, 0.5) is 0 Å². The summed E-state index contributed by atoms with van der Waals surface area (Å²) in [4.78, 5) is 11.1. The summed E-state index contributed by atoms with van der Waals surface area (Å²) in [5.41, 5.74) is 0. The van der Waals surface area contributed by atoms with Gasteiger partial charge in [-0.1, -0.05) is 0 Å². The number of aliphatic hydroxyl groups is 1. The van der Waals surface area contributed by atoms with Crippen LogP contribution in [0.15, 0.2) is 24.3 Å². The zero-order valence-corrected chi connectivity index (χ0v) is 10.0. The van der Waals surface area contributed by atoms with Crippen LogP contribution in [-0.2, 0) is 9.53 Å². The molecule has 0 aromatic heterocycles. The summed E-state index contributed by atoms with van der Waals surface area (Å²) in [6, 6.07) is 6.85. The summed E-state index contributed by atoms with van der Waals surface area (Å²) in [5.74, 6) is 0.533. The van der Waals surface area contributed by atoms with Crippen molar-refractivity contribution in [1.29, 1.82) is 0 Å². The van der Waals surface area contributed by atoms with E-state index in [4.69, 9.17) is 9.47 Å². The molecule has 1 rings (SSSR count). The van der Waals surface area contributed by atoms with Gasteiger partial charge in [0.05, 0.1) is 14.2 Å². The maximum Gasteiger partial charge on any atom is 0.338 e. The number of benzene rings is 1. The molecule has 0 radical (unpaired) electrons. The van der Waals surface area contributed by atoms with E-state index in [2.05, 4.69) is 4.74 Å². The van der Waals surface area contributed by atoms with Gasteiger partial charge in [-0.25, -0.2) is 4.79 Å². The highest BCUT2D eigenvalue weighted by Gasteiger charge is 2.24. The van der Waals surface area contributed by atoms with Crippen LogP contribution in [0.3, 0.4) is 0 Å². The van der Waals surface area contributed by atoms with Crippen LogP contribution in [0, 0.1) is 0 Å². The van der Waals surface area contributed by atoms with Gasteiger partial charge in [-0.2, -0.15) is 0 Å². The molecule has 5 heteroatoms. The van der Waals surface area contributed by atoms with Crippen molar-refractivity contribution in [3.05, 3.63) is 24.3 Å². The van der Waals surface area contributed by atoms with E-state index in [9.17, 15) is 9.90 Å². The molecule has 1 N–H and O–H groups in total.